The van der Waals surface area contributed by atoms with Crippen LogP contribution in [0.15, 0.2) is 0 Å². The number of carbonyl (C=O) groups is 1. The molecule has 76 valence electrons. The summed E-state index contributed by atoms with van der Waals surface area (Å²) in [6.45, 7) is 0. The minimum atomic E-state index is -1.64. The summed E-state index contributed by atoms with van der Waals surface area (Å²) in [4.78, 5) is 10.5. The second-order valence-corrected chi connectivity index (χ2v) is 3.27. The highest BCUT2D eigenvalue weighted by Crippen LogP contribution is 2.23. The molecule has 4 N–H and O–H groups in total. The molecule has 0 aromatic carbocycles. The average molecular weight is 210 g/mol. The van der Waals surface area contributed by atoms with E-state index in [1.165, 1.54) is 0 Å². The minimum Gasteiger partial charge on any atom is -0.479 e. The smallest absolute Gasteiger partial charge is 0.335 e. The van der Waals surface area contributed by atoms with E-state index in [1.807, 2.05) is 0 Å². The highest BCUT2D eigenvalue weighted by atomic mass is 32.1. The standard InChI is InChI=1S/C6H10O6S/c7-1-2(8)4(5(10)11)12-6(13)3(1)9/h1-4,6-9,13H,(H,10,11)/t1-,2-,3+,4-,6-/m0/s1. The van der Waals surface area contributed by atoms with Crippen molar-refractivity contribution in [3.8, 4) is 0 Å². The van der Waals surface area contributed by atoms with Crippen LogP contribution in [0.1, 0.15) is 0 Å². The van der Waals surface area contributed by atoms with Crippen LogP contribution in [0.4, 0.5) is 0 Å². The number of carboxylic acid groups (broad SMARTS) is 1. The molecule has 1 aliphatic heterocycles. The van der Waals surface area contributed by atoms with Gasteiger partial charge in [-0.05, 0) is 0 Å². The fraction of sp³-hybridized carbons (Fsp3) is 0.833. The van der Waals surface area contributed by atoms with E-state index in [-0.39, 0.29) is 0 Å². The predicted octanol–water partition coefficient (Wildman–Crippen LogP) is -2.19. The van der Waals surface area contributed by atoms with Gasteiger partial charge in [-0.3, -0.25) is 0 Å². The van der Waals surface area contributed by atoms with Crippen molar-refractivity contribution in [2.75, 3.05) is 0 Å². The quantitative estimate of drug-likeness (QED) is 0.315. The van der Waals surface area contributed by atoms with Gasteiger partial charge in [-0.1, -0.05) is 0 Å². The van der Waals surface area contributed by atoms with Gasteiger partial charge in [0.2, 0.25) is 0 Å². The Balaban J connectivity index is 2.76. The van der Waals surface area contributed by atoms with E-state index in [0.717, 1.165) is 0 Å². The number of rotatable bonds is 1. The van der Waals surface area contributed by atoms with Crippen LogP contribution >= 0.6 is 12.6 Å². The minimum absolute atomic E-state index is 1.11. The lowest BCUT2D eigenvalue weighted by molar-refractivity contribution is -0.208. The van der Waals surface area contributed by atoms with Crippen LogP contribution in [-0.2, 0) is 9.53 Å². The number of carboxylic acids is 1. The number of aliphatic hydroxyl groups is 3. The molecule has 1 aliphatic rings. The van der Waals surface area contributed by atoms with Gasteiger partial charge in [-0.15, -0.1) is 12.6 Å². The maximum Gasteiger partial charge on any atom is 0.335 e. The molecular formula is C6H10O6S. The van der Waals surface area contributed by atoms with Crippen molar-refractivity contribution in [3.63, 3.8) is 0 Å². The van der Waals surface area contributed by atoms with Gasteiger partial charge in [0.25, 0.3) is 0 Å². The van der Waals surface area contributed by atoms with Crippen molar-refractivity contribution in [2.24, 2.45) is 0 Å². The monoisotopic (exact) mass is 210 g/mol. The molecule has 6 nitrogen and oxygen atoms in total. The summed E-state index contributed by atoms with van der Waals surface area (Å²) in [5.74, 6) is -1.41. The molecule has 0 amide bonds. The van der Waals surface area contributed by atoms with Gasteiger partial charge < -0.3 is 25.2 Å². The van der Waals surface area contributed by atoms with E-state index < -0.39 is 35.8 Å². The summed E-state index contributed by atoms with van der Waals surface area (Å²) in [7, 11) is 0. The van der Waals surface area contributed by atoms with Crippen LogP contribution < -0.4 is 0 Å². The summed E-state index contributed by atoms with van der Waals surface area (Å²) in [5, 5.41) is 35.9. The molecule has 13 heavy (non-hydrogen) atoms. The Morgan fingerprint density at radius 3 is 2.15 bits per heavy atom. The van der Waals surface area contributed by atoms with Crippen molar-refractivity contribution < 1.29 is 30.0 Å². The van der Waals surface area contributed by atoms with E-state index in [9.17, 15) is 4.79 Å². The molecule has 0 unspecified atom stereocenters. The molecular weight excluding hydrogens is 200 g/mol. The van der Waals surface area contributed by atoms with Crippen molar-refractivity contribution >= 4 is 18.6 Å². The fourth-order valence-corrected chi connectivity index (χ4v) is 1.37. The number of hydrogen-bond donors (Lipinski definition) is 5. The Labute approximate surface area is 79.2 Å². The van der Waals surface area contributed by atoms with E-state index >= 15 is 0 Å². The van der Waals surface area contributed by atoms with E-state index in [1.54, 1.807) is 0 Å². The molecule has 0 aliphatic carbocycles. The molecule has 0 radical (unpaired) electrons. The number of thiol groups is 1. The van der Waals surface area contributed by atoms with Gasteiger partial charge in [-0.25, -0.2) is 4.79 Å². The third-order valence-corrected chi connectivity index (χ3v) is 2.26. The zero-order chi connectivity index (χ0) is 10.2. The molecule has 1 heterocycles. The Kier molecular flexibility index (Phi) is 3.14. The lowest BCUT2D eigenvalue weighted by atomic mass is 10.0. The molecule has 0 bridgehead atoms. The fourth-order valence-electron chi connectivity index (χ4n) is 1.07. The van der Waals surface area contributed by atoms with Crippen molar-refractivity contribution in [2.45, 2.75) is 29.9 Å². The second kappa shape index (κ2) is 3.81. The molecule has 0 aromatic rings. The van der Waals surface area contributed by atoms with Gasteiger partial charge in [0.1, 0.15) is 23.7 Å². The molecule has 1 rings (SSSR count). The van der Waals surface area contributed by atoms with Gasteiger partial charge in [0, 0.05) is 0 Å². The largest absolute Gasteiger partial charge is 0.479 e. The Bertz CT molecular complexity index is 209. The number of aliphatic hydroxyl groups excluding tert-OH is 3. The van der Waals surface area contributed by atoms with Crippen LogP contribution in [0.25, 0.3) is 0 Å². The SMILES string of the molecule is O=C(O)[C@H]1O[C@@H](S)[C@H](O)[C@@H](O)[C@@H]1O. The predicted molar refractivity (Wildman–Crippen MR) is 43.3 cm³/mol. The second-order valence-electron chi connectivity index (χ2n) is 2.76. The first-order valence-electron chi connectivity index (χ1n) is 3.55. The molecule has 5 atom stereocenters. The average Bonchev–Trinajstić information content (AvgIpc) is 2.07. The van der Waals surface area contributed by atoms with Gasteiger partial charge in [-0.2, -0.15) is 0 Å². The number of ether oxygens (including phenoxy) is 1. The van der Waals surface area contributed by atoms with Gasteiger partial charge in [0.15, 0.2) is 6.10 Å². The van der Waals surface area contributed by atoms with Crippen molar-refractivity contribution in [3.05, 3.63) is 0 Å². The zero-order valence-electron chi connectivity index (χ0n) is 6.44. The summed E-state index contributed by atoms with van der Waals surface area (Å²) in [5.41, 5.74) is -1.11. The van der Waals surface area contributed by atoms with Crippen LogP contribution in [0.3, 0.4) is 0 Å². The first-order valence-corrected chi connectivity index (χ1v) is 4.07. The third kappa shape index (κ3) is 1.94. The number of aliphatic carboxylic acids is 1. The van der Waals surface area contributed by atoms with Crippen LogP contribution in [0.2, 0.25) is 0 Å². The molecule has 1 fully saturated rings. The molecule has 0 aromatic heterocycles. The van der Waals surface area contributed by atoms with Crippen LogP contribution in [0.5, 0.6) is 0 Å². The highest BCUT2D eigenvalue weighted by Gasteiger charge is 2.45. The van der Waals surface area contributed by atoms with Crippen LogP contribution in [-0.4, -0.2) is 56.2 Å². The number of hydrogen-bond acceptors (Lipinski definition) is 6. The van der Waals surface area contributed by atoms with Crippen LogP contribution in [0, 0.1) is 0 Å². The first kappa shape index (κ1) is 10.7. The molecule has 7 heteroatoms. The Morgan fingerprint density at radius 2 is 1.69 bits per heavy atom. The van der Waals surface area contributed by atoms with E-state index in [2.05, 4.69) is 17.4 Å². The first-order chi connectivity index (χ1) is 5.95. The summed E-state index contributed by atoms with van der Waals surface area (Å²) >= 11 is 3.70. The lowest BCUT2D eigenvalue weighted by Gasteiger charge is -2.36. The lowest BCUT2D eigenvalue weighted by Crippen LogP contribution is -2.58. The summed E-state index contributed by atoms with van der Waals surface area (Å²) < 4.78 is 4.65. The Morgan fingerprint density at radius 1 is 1.15 bits per heavy atom. The van der Waals surface area contributed by atoms with E-state index in [4.69, 9.17) is 20.4 Å². The topological polar surface area (TPSA) is 107 Å². The zero-order valence-corrected chi connectivity index (χ0v) is 7.33. The van der Waals surface area contributed by atoms with Crippen molar-refractivity contribution in [1.29, 1.82) is 0 Å². The Hall–Kier alpha value is -0.340. The third-order valence-electron chi connectivity index (χ3n) is 1.83. The van der Waals surface area contributed by atoms with E-state index in [0.29, 0.717) is 0 Å². The van der Waals surface area contributed by atoms with Crippen molar-refractivity contribution in [1.82, 2.24) is 0 Å². The normalized spacial score (nSPS) is 46.0. The summed E-state index contributed by atoms with van der Waals surface area (Å²) in [6.07, 6.45) is -6.15. The summed E-state index contributed by atoms with van der Waals surface area (Å²) in [6, 6.07) is 0. The molecule has 0 saturated carbocycles. The maximum absolute atomic E-state index is 10.5. The highest BCUT2D eigenvalue weighted by molar-refractivity contribution is 7.80. The van der Waals surface area contributed by atoms with Gasteiger partial charge in [0.05, 0.1) is 0 Å². The molecule has 0 spiro atoms. The maximum atomic E-state index is 10.5. The van der Waals surface area contributed by atoms with Gasteiger partial charge >= 0.3 is 5.97 Å². The molecule has 1 saturated heterocycles.